The molecule has 0 aliphatic carbocycles. The molecule has 8 heteroatoms. The zero-order valence-electron chi connectivity index (χ0n) is 33.1. The molecule has 0 aromatic rings. The molecule has 0 bridgehead atoms. The molecule has 0 saturated heterocycles. The number of hydrogen-bond acceptors (Lipinski definition) is 8. The highest BCUT2D eigenvalue weighted by molar-refractivity contribution is 6.33. The molecule has 1 atom stereocenters. The summed E-state index contributed by atoms with van der Waals surface area (Å²) < 4.78 is 16.2. The molecule has 1 unspecified atom stereocenters. The number of rotatable bonds is 38. The summed E-state index contributed by atoms with van der Waals surface area (Å²) in [6, 6.07) is 0. The van der Waals surface area contributed by atoms with E-state index >= 15 is 0 Å². The average molecular weight is 720 g/mol. The first-order valence-electron chi connectivity index (χ1n) is 21.5. The summed E-state index contributed by atoms with van der Waals surface area (Å²) in [6.07, 6.45) is 38.8. The van der Waals surface area contributed by atoms with E-state index in [0.717, 1.165) is 32.1 Å². The lowest BCUT2D eigenvalue weighted by atomic mass is 10.0. The maximum absolute atomic E-state index is 12.5. The Morgan fingerprint density at radius 3 is 1.35 bits per heavy atom. The second kappa shape index (κ2) is 33.6. The van der Waals surface area contributed by atoms with Crippen LogP contribution in [0.25, 0.3) is 0 Å². The van der Waals surface area contributed by atoms with Crippen molar-refractivity contribution in [3.8, 4) is 0 Å². The van der Waals surface area contributed by atoms with Gasteiger partial charge in [0.2, 0.25) is 12.1 Å². The molecule has 1 heterocycles. The van der Waals surface area contributed by atoms with Crippen LogP contribution in [-0.4, -0.2) is 55.3 Å². The Morgan fingerprint density at radius 1 is 0.569 bits per heavy atom. The fraction of sp³-hybridized carbons (Fsp3) is 0.884. The number of aliphatic imine (C=N–C) groups is 1. The first kappa shape index (κ1) is 46.8. The van der Waals surface area contributed by atoms with Crippen molar-refractivity contribution in [1.82, 2.24) is 0 Å². The topological polar surface area (TPSA) is 108 Å². The van der Waals surface area contributed by atoms with Crippen molar-refractivity contribution in [2.45, 2.75) is 225 Å². The summed E-state index contributed by atoms with van der Waals surface area (Å²) in [5, 5.41) is 0. The molecule has 1 aliphatic rings. The third-order valence-electron chi connectivity index (χ3n) is 10.1. The number of carbonyl (C=O) groups excluding carboxylic acids is 4. The minimum atomic E-state index is -1.14. The lowest BCUT2D eigenvalue weighted by molar-refractivity contribution is -0.157. The van der Waals surface area contributed by atoms with Gasteiger partial charge in [0.05, 0.1) is 0 Å². The van der Waals surface area contributed by atoms with Gasteiger partial charge < -0.3 is 14.2 Å². The minimum Gasteiger partial charge on any atom is -0.478 e. The van der Waals surface area contributed by atoms with Crippen molar-refractivity contribution in [3.63, 3.8) is 0 Å². The highest BCUT2D eigenvalue weighted by Gasteiger charge is 2.40. The first-order chi connectivity index (χ1) is 25.0. The molecule has 51 heavy (non-hydrogen) atoms. The number of unbranched alkanes of at least 4 members (excludes halogenated alkanes) is 28. The number of aldehydes is 1. The maximum atomic E-state index is 12.5. The van der Waals surface area contributed by atoms with Crippen LogP contribution in [0.4, 0.5) is 0 Å². The number of nitrogens with zero attached hydrogens (tertiary/aromatic N) is 1. The third kappa shape index (κ3) is 27.1. The van der Waals surface area contributed by atoms with Crippen LogP contribution < -0.4 is 0 Å². The second-order valence-corrected chi connectivity index (χ2v) is 15.1. The Morgan fingerprint density at radius 2 is 0.941 bits per heavy atom. The fourth-order valence-corrected chi connectivity index (χ4v) is 6.79. The normalized spacial score (nSPS) is 15.4. The molecule has 0 N–H and O–H groups in total. The Balaban J connectivity index is 2.20. The van der Waals surface area contributed by atoms with Gasteiger partial charge in [-0.3, -0.25) is 9.59 Å². The molecule has 8 nitrogen and oxygen atoms in total. The van der Waals surface area contributed by atoms with Gasteiger partial charge in [0.1, 0.15) is 19.8 Å². The molecule has 0 radical (unpaired) electrons. The van der Waals surface area contributed by atoms with E-state index < -0.39 is 23.3 Å². The fourth-order valence-electron chi connectivity index (χ4n) is 6.79. The Hall–Kier alpha value is -2.25. The Bertz CT molecular complexity index is 920. The van der Waals surface area contributed by atoms with Gasteiger partial charge in [0.25, 0.3) is 0 Å². The molecular formula is C43H77NO7. The summed E-state index contributed by atoms with van der Waals surface area (Å²) >= 11 is 0. The lowest BCUT2D eigenvalue weighted by Gasteiger charge is -2.22. The van der Waals surface area contributed by atoms with Crippen molar-refractivity contribution in [2.24, 2.45) is 4.99 Å². The van der Waals surface area contributed by atoms with E-state index in [1.807, 2.05) is 0 Å². The number of ketones is 1. The Labute approximate surface area is 312 Å². The van der Waals surface area contributed by atoms with Gasteiger partial charge in [0, 0.05) is 12.8 Å². The van der Waals surface area contributed by atoms with Crippen LogP contribution in [0.5, 0.6) is 0 Å². The molecule has 0 aromatic carbocycles. The third-order valence-corrected chi connectivity index (χ3v) is 10.1. The zero-order chi connectivity index (χ0) is 37.1. The van der Waals surface area contributed by atoms with Crippen LogP contribution in [0, 0.1) is 0 Å². The largest absolute Gasteiger partial charge is 0.478 e. The molecule has 296 valence electrons. The molecular weight excluding hydrogens is 642 g/mol. The van der Waals surface area contributed by atoms with Gasteiger partial charge in [-0.05, 0) is 12.8 Å². The number of carbonyl (C=O) groups is 4. The van der Waals surface area contributed by atoms with Crippen molar-refractivity contribution in [1.29, 1.82) is 0 Å². The van der Waals surface area contributed by atoms with Gasteiger partial charge in [-0.2, -0.15) is 0 Å². The van der Waals surface area contributed by atoms with Gasteiger partial charge >= 0.3 is 11.9 Å². The summed E-state index contributed by atoms with van der Waals surface area (Å²) in [5.74, 6) is -1.93. The van der Waals surface area contributed by atoms with Crippen LogP contribution >= 0.6 is 0 Å². The maximum Gasteiger partial charge on any atom is 0.374 e. The predicted octanol–water partition coefficient (Wildman–Crippen LogP) is 11.5. The quantitative estimate of drug-likeness (QED) is 0.0270. The summed E-state index contributed by atoms with van der Waals surface area (Å²) in [4.78, 5) is 51.9. The van der Waals surface area contributed by atoms with Crippen molar-refractivity contribution in [2.75, 3.05) is 19.8 Å². The number of Topliss-reactive ketones (excluding diaryl/α,β-unsaturated/α-hetero) is 1. The summed E-state index contributed by atoms with van der Waals surface area (Å²) in [6.45, 7) is 4.08. The van der Waals surface area contributed by atoms with Crippen LogP contribution in [0.15, 0.2) is 4.99 Å². The van der Waals surface area contributed by atoms with E-state index in [1.165, 1.54) is 154 Å². The molecule has 1 aliphatic heterocycles. The van der Waals surface area contributed by atoms with Crippen LogP contribution in [0.3, 0.4) is 0 Å². The van der Waals surface area contributed by atoms with E-state index in [4.69, 9.17) is 14.2 Å². The van der Waals surface area contributed by atoms with Crippen LogP contribution in [-0.2, 0) is 33.4 Å². The van der Waals surface area contributed by atoms with Gasteiger partial charge in [-0.25, -0.2) is 14.6 Å². The molecule has 0 fully saturated rings. The Kier molecular flexibility index (Phi) is 30.8. The number of esters is 2. The molecule has 0 spiro atoms. The van der Waals surface area contributed by atoms with Gasteiger partial charge in [-0.1, -0.05) is 194 Å². The summed E-state index contributed by atoms with van der Waals surface area (Å²) in [7, 11) is 0. The molecule has 1 rings (SSSR count). The number of hydrogen-bond donors (Lipinski definition) is 0. The van der Waals surface area contributed by atoms with Crippen molar-refractivity contribution < 1.29 is 33.4 Å². The highest BCUT2D eigenvalue weighted by atomic mass is 16.6. The minimum absolute atomic E-state index is 0.0632. The first-order valence-corrected chi connectivity index (χ1v) is 21.5. The number of ether oxygens (including phenoxy) is 3. The van der Waals surface area contributed by atoms with Crippen LogP contribution in [0.2, 0.25) is 0 Å². The van der Waals surface area contributed by atoms with E-state index in [9.17, 15) is 19.2 Å². The molecule has 0 saturated carbocycles. The van der Waals surface area contributed by atoms with E-state index in [2.05, 4.69) is 18.8 Å². The lowest BCUT2D eigenvalue weighted by Crippen LogP contribution is -2.42. The standard InChI is InChI=1S/C43H77NO7/c1-3-5-7-9-11-13-15-17-19-21-23-25-27-29-31-33-39(46)42(48)51-38-43(37-50-41(47)35-45)36-49-40(44-43)34-32-30-28-26-24-22-20-18-16-14-12-10-8-6-4-2/h35H,3-34,36-38H2,1-2H3. The SMILES string of the molecule is CCCCCCCCCCCCCCCCCC(=O)C(=O)OCC1(COC(=O)C=O)COC(CCCCCCCCCCCCCCCCC)=N1. The van der Waals surface area contributed by atoms with Crippen molar-refractivity contribution >= 4 is 29.9 Å². The van der Waals surface area contributed by atoms with Crippen LogP contribution in [0.1, 0.15) is 219 Å². The van der Waals surface area contributed by atoms with E-state index in [1.54, 1.807) is 0 Å². The summed E-state index contributed by atoms with van der Waals surface area (Å²) in [5.41, 5.74) is -1.14. The van der Waals surface area contributed by atoms with E-state index in [-0.39, 0.29) is 32.5 Å². The average Bonchev–Trinajstić information content (AvgIpc) is 3.55. The second-order valence-electron chi connectivity index (χ2n) is 15.1. The smallest absolute Gasteiger partial charge is 0.374 e. The van der Waals surface area contributed by atoms with Gasteiger partial charge in [-0.15, -0.1) is 0 Å². The highest BCUT2D eigenvalue weighted by Crippen LogP contribution is 2.24. The molecule has 0 aromatic heterocycles. The molecule has 0 amide bonds. The monoisotopic (exact) mass is 720 g/mol. The zero-order valence-corrected chi connectivity index (χ0v) is 33.1. The predicted molar refractivity (Wildman–Crippen MR) is 208 cm³/mol. The van der Waals surface area contributed by atoms with Crippen molar-refractivity contribution in [3.05, 3.63) is 0 Å². The van der Waals surface area contributed by atoms with E-state index in [0.29, 0.717) is 18.7 Å². The van der Waals surface area contributed by atoms with Gasteiger partial charge in [0.15, 0.2) is 11.4 Å².